The van der Waals surface area contributed by atoms with Gasteiger partial charge in [0.15, 0.2) is 0 Å². The normalized spacial score (nSPS) is 25.5. The summed E-state index contributed by atoms with van der Waals surface area (Å²) in [5.41, 5.74) is 8.90. The Morgan fingerprint density at radius 1 is 1.16 bits per heavy atom. The predicted octanol–water partition coefficient (Wildman–Crippen LogP) is 5.27. The molecule has 0 radical (unpaired) electrons. The van der Waals surface area contributed by atoms with Gasteiger partial charge in [-0.3, -0.25) is 4.79 Å². The van der Waals surface area contributed by atoms with Gasteiger partial charge in [0.1, 0.15) is 10.7 Å². The number of amides is 1. The van der Waals surface area contributed by atoms with Crippen LogP contribution in [0.4, 0.5) is 0 Å². The molecule has 5 rings (SSSR count). The molecule has 2 aliphatic rings. The van der Waals surface area contributed by atoms with Crippen LogP contribution in [0.1, 0.15) is 71.4 Å². The van der Waals surface area contributed by atoms with Crippen LogP contribution in [-0.4, -0.2) is 39.9 Å². The molecule has 2 heterocycles. The van der Waals surface area contributed by atoms with Gasteiger partial charge < -0.3 is 10.6 Å². The number of carbonyl (C=O) groups excluding carboxylic acids is 1. The summed E-state index contributed by atoms with van der Waals surface area (Å²) in [7, 11) is 1.89. The van der Waals surface area contributed by atoms with Crippen molar-refractivity contribution in [3.8, 4) is 0 Å². The molecule has 0 unspecified atom stereocenters. The van der Waals surface area contributed by atoms with E-state index in [9.17, 15) is 4.79 Å². The van der Waals surface area contributed by atoms with E-state index in [1.54, 1.807) is 11.3 Å². The van der Waals surface area contributed by atoms with Crippen LogP contribution in [-0.2, 0) is 0 Å². The smallest absolute Gasteiger partial charge is 0.253 e. The summed E-state index contributed by atoms with van der Waals surface area (Å²) in [5, 5.41) is 3.90. The van der Waals surface area contributed by atoms with Crippen molar-refractivity contribution in [2.75, 3.05) is 7.05 Å². The Balaban J connectivity index is 1.33. The standard InChI is InChI=1S/C24H27ClN4OS/c1-13-27-22(18-9-10-31-23(18)28-13)20-12-19(20)17-8-3-14(11-21(17)25)24(30)29(2)16-6-4-15(26)5-7-16/h3,8-11,15-16,19-20H,4-7,12,26H2,1-2H3/t15?,16?,19-,20+/m1/s1. The molecule has 31 heavy (non-hydrogen) atoms. The fourth-order valence-electron chi connectivity index (χ4n) is 4.93. The number of nitrogens with two attached hydrogens (primary N) is 1. The van der Waals surface area contributed by atoms with E-state index in [-0.39, 0.29) is 18.0 Å². The maximum absolute atomic E-state index is 13.0. The molecule has 0 bridgehead atoms. The molecule has 0 aliphatic heterocycles. The van der Waals surface area contributed by atoms with Crippen molar-refractivity contribution in [1.82, 2.24) is 14.9 Å². The monoisotopic (exact) mass is 454 g/mol. The molecule has 2 fully saturated rings. The zero-order valence-electron chi connectivity index (χ0n) is 17.8. The zero-order chi connectivity index (χ0) is 21.7. The van der Waals surface area contributed by atoms with Crippen LogP contribution < -0.4 is 5.73 Å². The number of hydrogen-bond donors (Lipinski definition) is 1. The average molecular weight is 455 g/mol. The SMILES string of the molecule is Cc1nc([C@H]2C[C@@H]2c2ccc(C(=O)N(C)C3CCC(N)CC3)cc2Cl)c2ccsc2n1. The van der Waals surface area contributed by atoms with Gasteiger partial charge in [0, 0.05) is 41.0 Å². The number of halogens is 1. The number of fused-ring (bicyclic) bond motifs is 1. The lowest BCUT2D eigenvalue weighted by molar-refractivity contribution is 0.0690. The number of aromatic nitrogens is 2. The second-order valence-electron chi connectivity index (χ2n) is 8.97. The number of nitrogens with zero attached hydrogens (tertiary/aromatic N) is 3. The number of thiophene rings is 1. The third-order valence-corrected chi connectivity index (χ3v) is 8.00. The highest BCUT2D eigenvalue weighted by Gasteiger charge is 2.43. The summed E-state index contributed by atoms with van der Waals surface area (Å²) in [6, 6.07) is 8.44. The Kier molecular flexibility index (Phi) is 5.49. The molecule has 2 aliphatic carbocycles. The number of carbonyl (C=O) groups is 1. The van der Waals surface area contributed by atoms with Crippen molar-refractivity contribution in [1.29, 1.82) is 0 Å². The number of benzene rings is 1. The van der Waals surface area contributed by atoms with E-state index >= 15 is 0 Å². The molecule has 2 atom stereocenters. The van der Waals surface area contributed by atoms with E-state index in [1.165, 1.54) is 0 Å². The average Bonchev–Trinajstić information content (AvgIpc) is 3.40. The summed E-state index contributed by atoms with van der Waals surface area (Å²) in [6.45, 7) is 1.95. The van der Waals surface area contributed by atoms with Gasteiger partial charge in [-0.05, 0) is 74.1 Å². The zero-order valence-corrected chi connectivity index (χ0v) is 19.4. The van der Waals surface area contributed by atoms with Crippen molar-refractivity contribution in [3.63, 3.8) is 0 Å². The minimum Gasteiger partial charge on any atom is -0.339 e. The number of aryl methyl sites for hydroxylation is 1. The second-order valence-corrected chi connectivity index (χ2v) is 10.3. The van der Waals surface area contributed by atoms with Gasteiger partial charge in [0.05, 0.1) is 5.69 Å². The molecule has 2 aromatic heterocycles. The first-order chi connectivity index (χ1) is 14.9. The molecule has 1 aromatic carbocycles. The largest absolute Gasteiger partial charge is 0.339 e. The van der Waals surface area contributed by atoms with Gasteiger partial charge in [0.25, 0.3) is 5.91 Å². The Morgan fingerprint density at radius 3 is 2.68 bits per heavy atom. The predicted molar refractivity (Wildman–Crippen MR) is 126 cm³/mol. The lowest BCUT2D eigenvalue weighted by Gasteiger charge is -2.33. The Morgan fingerprint density at radius 2 is 1.94 bits per heavy atom. The fraction of sp³-hybridized carbons (Fsp3) is 0.458. The van der Waals surface area contributed by atoms with Crippen molar-refractivity contribution < 1.29 is 4.79 Å². The van der Waals surface area contributed by atoms with Gasteiger partial charge in [-0.25, -0.2) is 9.97 Å². The fourth-order valence-corrected chi connectivity index (χ4v) is 6.07. The van der Waals surface area contributed by atoms with Gasteiger partial charge >= 0.3 is 0 Å². The third kappa shape index (κ3) is 3.97. The maximum Gasteiger partial charge on any atom is 0.253 e. The summed E-state index contributed by atoms with van der Waals surface area (Å²) < 4.78 is 0. The molecular formula is C24H27ClN4OS. The quantitative estimate of drug-likeness (QED) is 0.583. The van der Waals surface area contributed by atoms with E-state index in [2.05, 4.69) is 16.4 Å². The lowest BCUT2D eigenvalue weighted by atomic mass is 9.90. The number of rotatable bonds is 4. The molecule has 3 aromatic rings. The third-order valence-electron chi connectivity index (χ3n) is 6.86. The van der Waals surface area contributed by atoms with E-state index in [0.29, 0.717) is 22.4 Å². The van der Waals surface area contributed by atoms with Gasteiger partial charge in [-0.15, -0.1) is 11.3 Å². The first-order valence-corrected chi connectivity index (χ1v) is 12.2. The first kappa shape index (κ1) is 20.9. The highest BCUT2D eigenvalue weighted by Crippen LogP contribution is 2.57. The molecule has 5 nitrogen and oxygen atoms in total. The van der Waals surface area contributed by atoms with Crippen molar-refractivity contribution in [3.05, 3.63) is 57.3 Å². The number of hydrogen-bond acceptors (Lipinski definition) is 5. The Bertz CT molecular complexity index is 1140. The van der Waals surface area contributed by atoms with Crippen LogP contribution in [0, 0.1) is 6.92 Å². The molecule has 2 N–H and O–H groups in total. The van der Waals surface area contributed by atoms with Crippen LogP contribution in [0.15, 0.2) is 29.6 Å². The minimum absolute atomic E-state index is 0.0349. The topological polar surface area (TPSA) is 72.1 Å². The van der Waals surface area contributed by atoms with Crippen molar-refractivity contribution >= 4 is 39.1 Å². The Labute approximate surface area is 191 Å². The second kappa shape index (κ2) is 8.15. The van der Waals surface area contributed by atoms with Crippen LogP contribution in [0.5, 0.6) is 0 Å². The van der Waals surface area contributed by atoms with Gasteiger partial charge in [-0.2, -0.15) is 0 Å². The molecule has 2 saturated carbocycles. The highest BCUT2D eigenvalue weighted by atomic mass is 35.5. The molecule has 7 heteroatoms. The van der Waals surface area contributed by atoms with Gasteiger partial charge in [-0.1, -0.05) is 17.7 Å². The van der Waals surface area contributed by atoms with Crippen LogP contribution in [0.25, 0.3) is 10.2 Å². The van der Waals surface area contributed by atoms with Crippen LogP contribution >= 0.6 is 22.9 Å². The van der Waals surface area contributed by atoms with E-state index < -0.39 is 0 Å². The van der Waals surface area contributed by atoms with E-state index in [1.807, 2.05) is 37.1 Å². The maximum atomic E-state index is 13.0. The Hall–Kier alpha value is -2.02. The van der Waals surface area contributed by atoms with Gasteiger partial charge in [0.2, 0.25) is 0 Å². The van der Waals surface area contributed by atoms with Crippen LogP contribution in [0.2, 0.25) is 5.02 Å². The summed E-state index contributed by atoms with van der Waals surface area (Å²) >= 11 is 8.34. The minimum atomic E-state index is 0.0349. The molecule has 0 saturated heterocycles. The molecule has 162 valence electrons. The summed E-state index contributed by atoms with van der Waals surface area (Å²) in [4.78, 5) is 25.2. The first-order valence-electron chi connectivity index (χ1n) is 11.0. The molecular weight excluding hydrogens is 428 g/mol. The lowest BCUT2D eigenvalue weighted by Crippen LogP contribution is -2.41. The molecule has 1 amide bonds. The van der Waals surface area contributed by atoms with E-state index in [4.69, 9.17) is 22.3 Å². The molecule has 0 spiro atoms. The highest BCUT2D eigenvalue weighted by molar-refractivity contribution is 7.16. The van der Waals surface area contributed by atoms with Crippen molar-refractivity contribution in [2.24, 2.45) is 5.73 Å². The summed E-state index contributed by atoms with van der Waals surface area (Å²) in [6.07, 6.45) is 4.91. The van der Waals surface area contributed by atoms with Crippen LogP contribution in [0.3, 0.4) is 0 Å². The van der Waals surface area contributed by atoms with E-state index in [0.717, 1.165) is 59.4 Å². The van der Waals surface area contributed by atoms with Crippen molar-refractivity contribution in [2.45, 2.75) is 62.9 Å². The summed E-state index contributed by atoms with van der Waals surface area (Å²) in [5.74, 6) is 1.54.